The molecule has 0 aliphatic rings. The lowest BCUT2D eigenvalue weighted by molar-refractivity contribution is -0.136. The van der Waals surface area contributed by atoms with Gasteiger partial charge >= 0.3 is 11.9 Å². The summed E-state index contributed by atoms with van der Waals surface area (Å²) >= 11 is 0. The molecule has 0 saturated heterocycles. The molecule has 1 N–H and O–H groups in total. The second kappa shape index (κ2) is 7.36. The number of carboxylic acids is 1. The molecule has 1 rings (SSSR count). The molecule has 0 spiro atoms. The van der Waals surface area contributed by atoms with Crippen LogP contribution in [0.2, 0.25) is 0 Å². The van der Waals surface area contributed by atoms with Crippen molar-refractivity contribution in [1.82, 2.24) is 0 Å². The third kappa shape index (κ3) is 4.58. The maximum Gasteiger partial charge on any atom is 0.337 e. The Balaban J connectivity index is 2.94. The minimum absolute atomic E-state index is 0.00802. The number of hydrogen-bond donors (Lipinski definition) is 1. The van der Waals surface area contributed by atoms with Crippen molar-refractivity contribution >= 4 is 17.5 Å². The Bertz CT molecular complexity index is 471. The van der Waals surface area contributed by atoms with Crippen LogP contribution in [0.4, 0.5) is 0 Å². The van der Waals surface area contributed by atoms with Crippen LogP contribution in [0.5, 0.6) is 0 Å². The zero-order valence-corrected chi connectivity index (χ0v) is 11.2. The van der Waals surface area contributed by atoms with Crippen LogP contribution in [-0.2, 0) is 9.53 Å². The number of carbonyl (C=O) groups excluding carboxylic acids is 1. The molecule has 0 fully saturated rings. The molecule has 0 heterocycles. The number of ether oxygens (including phenoxy) is 1. The fraction of sp³-hybridized carbons (Fsp3) is 0.333. The molecule has 4 heteroatoms. The summed E-state index contributed by atoms with van der Waals surface area (Å²) in [6.07, 6.45) is 3.47. The monoisotopic (exact) mass is 262 g/mol. The number of carbonyl (C=O) groups is 2. The van der Waals surface area contributed by atoms with Gasteiger partial charge in [0.25, 0.3) is 0 Å². The zero-order chi connectivity index (χ0) is 14.3. The van der Waals surface area contributed by atoms with E-state index in [-0.39, 0.29) is 12.4 Å². The highest BCUT2D eigenvalue weighted by Crippen LogP contribution is 2.21. The summed E-state index contributed by atoms with van der Waals surface area (Å²) in [4.78, 5) is 21.9. The quantitative estimate of drug-likeness (QED) is 0.800. The number of hydrogen-bond acceptors (Lipinski definition) is 3. The number of rotatable bonds is 6. The first kappa shape index (κ1) is 15.0. The zero-order valence-electron chi connectivity index (χ0n) is 11.2. The summed E-state index contributed by atoms with van der Waals surface area (Å²) in [6.45, 7) is 2.04. The molecule has 0 amide bonds. The molecule has 0 bridgehead atoms. The van der Waals surface area contributed by atoms with E-state index in [0.717, 1.165) is 24.0 Å². The fourth-order valence-electron chi connectivity index (χ4n) is 1.78. The average Bonchev–Trinajstić information content (AvgIpc) is 2.42. The highest BCUT2D eigenvalue weighted by molar-refractivity contribution is 5.89. The Morgan fingerprint density at radius 2 is 1.79 bits per heavy atom. The van der Waals surface area contributed by atoms with E-state index < -0.39 is 5.97 Å². The summed E-state index contributed by atoms with van der Waals surface area (Å²) in [5.41, 5.74) is 2.41. The lowest BCUT2D eigenvalue weighted by Gasteiger charge is -2.07. The van der Waals surface area contributed by atoms with E-state index in [0.29, 0.717) is 5.56 Å². The predicted octanol–water partition coefficient (Wildman–Crippen LogP) is 3.13. The molecule has 19 heavy (non-hydrogen) atoms. The van der Waals surface area contributed by atoms with Crippen LogP contribution in [-0.4, -0.2) is 24.2 Å². The minimum Gasteiger partial charge on any atom is -0.481 e. The van der Waals surface area contributed by atoms with Crippen molar-refractivity contribution in [3.8, 4) is 0 Å². The van der Waals surface area contributed by atoms with Gasteiger partial charge in [-0.05, 0) is 29.7 Å². The van der Waals surface area contributed by atoms with E-state index in [1.807, 2.05) is 19.1 Å². The first-order chi connectivity index (χ1) is 9.08. The van der Waals surface area contributed by atoms with Crippen molar-refractivity contribution in [1.29, 1.82) is 0 Å². The maximum absolute atomic E-state index is 11.3. The van der Waals surface area contributed by atoms with E-state index in [9.17, 15) is 9.59 Å². The van der Waals surface area contributed by atoms with Gasteiger partial charge in [-0.25, -0.2) is 4.79 Å². The van der Waals surface area contributed by atoms with Crippen molar-refractivity contribution in [2.24, 2.45) is 0 Å². The van der Waals surface area contributed by atoms with E-state index in [1.54, 1.807) is 18.2 Å². The SMILES string of the molecule is CCC/C(=C\CC(=O)O)c1ccc(C(=O)OC)cc1. The van der Waals surface area contributed by atoms with E-state index in [2.05, 4.69) is 4.74 Å². The summed E-state index contributed by atoms with van der Waals surface area (Å²) in [5, 5.41) is 8.72. The first-order valence-corrected chi connectivity index (χ1v) is 6.18. The number of methoxy groups -OCH3 is 1. The molecule has 0 atom stereocenters. The second-order valence-corrected chi connectivity index (χ2v) is 4.15. The third-order valence-electron chi connectivity index (χ3n) is 2.72. The molecule has 0 unspecified atom stereocenters. The first-order valence-electron chi connectivity index (χ1n) is 6.18. The van der Waals surface area contributed by atoms with Crippen molar-refractivity contribution < 1.29 is 19.4 Å². The van der Waals surface area contributed by atoms with Gasteiger partial charge < -0.3 is 9.84 Å². The smallest absolute Gasteiger partial charge is 0.337 e. The standard InChI is InChI=1S/C15H18O4/c1-3-4-11(9-10-14(16)17)12-5-7-13(8-6-12)15(18)19-2/h5-9H,3-4,10H2,1-2H3,(H,16,17)/b11-9+. The Hall–Kier alpha value is -2.10. The minimum atomic E-state index is -0.847. The lowest BCUT2D eigenvalue weighted by Crippen LogP contribution is -2.01. The van der Waals surface area contributed by atoms with Crippen LogP contribution < -0.4 is 0 Å². The van der Waals surface area contributed by atoms with Gasteiger partial charge in [0, 0.05) is 0 Å². The Labute approximate surface area is 112 Å². The van der Waals surface area contributed by atoms with E-state index in [4.69, 9.17) is 5.11 Å². The summed E-state index contributed by atoms with van der Waals surface area (Å²) in [6, 6.07) is 7.00. The molecular weight excluding hydrogens is 244 g/mol. The lowest BCUT2D eigenvalue weighted by atomic mass is 9.99. The van der Waals surface area contributed by atoms with Gasteiger partial charge in [-0.2, -0.15) is 0 Å². The molecule has 0 aliphatic heterocycles. The Kier molecular flexibility index (Phi) is 5.79. The molecule has 1 aromatic carbocycles. The summed E-state index contributed by atoms with van der Waals surface area (Å²) in [5.74, 6) is -1.22. The van der Waals surface area contributed by atoms with Gasteiger partial charge in [-0.1, -0.05) is 31.6 Å². The van der Waals surface area contributed by atoms with Crippen molar-refractivity contribution in [3.05, 3.63) is 41.5 Å². The highest BCUT2D eigenvalue weighted by Gasteiger charge is 2.07. The maximum atomic E-state index is 11.3. The summed E-state index contributed by atoms with van der Waals surface area (Å²) < 4.78 is 4.63. The highest BCUT2D eigenvalue weighted by atomic mass is 16.5. The number of benzene rings is 1. The van der Waals surface area contributed by atoms with Crippen molar-refractivity contribution in [2.75, 3.05) is 7.11 Å². The normalized spacial score (nSPS) is 11.2. The van der Waals surface area contributed by atoms with E-state index >= 15 is 0 Å². The Morgan fingerprint density at radius 1 is 1.21 bits per heavy atom. The Morgan fingerprint density at radius 3 is 2.26 bits per heavy atom. The van der Waals surface area contributed by atoms with Crippen LogP contribution >= 0.6 is 0 Å². The molecule has 0 aliphatic carbocycles. The summed E-state index contributed by atoms with van der Waals surface area (Å²) in [7, 11) is 1.34. The van der Waals surface area contributed by atoms with Gasteiger partial charge in [-0.15, -0.1) is 0 Å². The molecule has 102 valence electrons. The second-order valence-electron chi connectivity index (χ2n) is 4.15. The van der Waals surface area contributed by atoms with Crippen LogP contribution in [0.15, 0.2) is 30.3 Å². The van der Waals surface area contributed by atoms with Gasteiger partial charge in [0.1, 0.15) is 0 Å². The molecular formula is C15H18O4. The third-order valence-corrected chi connectivity index (χ3v) is 2.72. The van der Waals surface area contributed by atoms with Crippen LogP contribution in [0, 0.1) is 0 Å². The molecule has 1 aromatic rings. The molecule has 0 aromatic heterocycles. The van der Waals surface area contributed by atoms with Gasteiger partial charge in [0.15, 0.2) is 0 Å². The van der Waals surface area contributed by atoms with Crippen molar-refractivity contribution in [2.45, 2.75) is 26.2 Å². The van der Waals surface area contributed by atoms with Crippen LogP contribution in [0.3, 0.4) is 0 Å². The number of allylic oxidation sites excluding steroid dienone is 1. The van der Waals surface area contributed by atoms with Gasteiger partial charge in [0.2, 0.25) is 0 Å². The molecule has 0 saturated carbocycles. The van der Waals surface area contributed by atoms with Gasteiger partial charge in [0.05, 0.1) is 19.1 Å². The van der Waals surface area contributed by atoms with Crippen molar-refractivity contribution in [3.63, 3.8) is 0 Å². The number of esters is 1. The van der Waals surface area contributed by atoms with Gasteiger partial charge in [-0.3, -0.25) is 4.79 Å². The molecule has 0 radical (unpaired) electrons. The molecule has 4 nitrogen and oxygen atoms in total. The van der Waals surface area contributed by atoms with Crippen LogP contribution in [0.1, 0.15) is 42.1 Å². The largest absolute Gasteiger partial charge is 0.481 e. The average molecular weight is 262 g/mol. The number of carboxylic acid groups (broad SMARTS) is 1. The fourth-order valence-corrected chi connectivity index (χ4v) is 1.78. The predicted molar refractivity (Wildman–Crippen MR) is 72.9 cm³/mol. The van der Waals surface area contributed by atoms with Crippen LogP contribution in [0.25, 0.3) is 5.57 Å². The number of aliphatic carboxylic acids is 1. The topological polar surface area (TPSA) is 63.6 Å². The van der Waals surface area contributed by atoms with E-state index in [1.165, 1.54) is 7.11 Å².